The van der Waals surface area contributed by atoms with E-state index in [1.165, 1.54) is 31.3 Å². The van der Waals surface area contributed by atoms with Crippen LogP contribution in [0.3, 0.4) is 0 Å². The SMILES string of the molecule is CCCCCC=CC=CC=C(C)C. The van der Waals surface area contributed by atoms with Gasteiger partial charge in [-0.05, 0) is 26.7 Å². The molecule has 0 aliphatic rings. The van der Waals surface area contributed by atoms with E-state index in [1.54, 1.807) is 0 Å². The molecule has 0 spiro atoms. The highest BCUT2D eigenvalue weighted by atomic mass is 13.9. The third-order valence-electron chi connectivity index (χ3n) is 1.76. The van der Waals surface area contributed by atoms with Crippen LogP contribution >= 0.6 is 0 Å². The van der Waals surface area contributed by atoms with E-state index in [0.29, 0.717) is 0 Å². The highest BCUT2D eigenvalue weighted by molar-refractivity contribution is 5.13. The first kappa shape index (κ1) is 12.2. The molecule has 13 heavy (non-hydrogen) atoms. The molecule has 0 heteroatoms. The molecule has 0 N–H and O–H groups in total. The average Bonchev–Trinajstić information content (AvgIpc) is 2.09. The van der Waals surface area contributed by atoms with E-state index in [9.17, 15) is 0 Å². The zero-order valence-corrected chi connectivity index (χ0v) is 9.22. The van der Waals surface area contributed by atoms with Gasteiger partial charge in [-0.15, -0.1) is 0 Å². The van der Waals surface area contributed by atoms with E-state index in [1.807, 2.05) is 0 Å². The number of hydrogen-bond acceptors (Lipinski definition) is 0. The summed E-state index contributed by atoms with van der Waals surface area (Å²) in [7, 11) is 0. The number of rotatable bonds is 6. The lowest BCUT2D eigenvalue weighted by molar-refractivity contribution is 0.729. The van der Waals surface area contributed by atoms with Gasteiger partial charge in [0.2, 0.25) is 0 Å². The molecule has 0 unspecified atom stereocenters. The Morgan fingerprint density at radius 2 is 1.77 bits per heavy atom. The van der Waals surface area contributed by atoms with Crippen molar-refractivity contribution in [3.8, 4) is 0 Å². The van der Waals surface area contributed by atoms with Crippen molar-refractivity contribution in [2.24, 2.45) is 0 Å². The van der Waals surface area contributed by atoms with Crippen LogP contribution in [0, 0.1) is 0 Å². The van der Waals surface area contributed by atoms with Gasteiger partial charge in [0.05, 0.1) is 0 Å². The molecular formula is C13H22. The lowest BCUT2D eigenvalue weighted by Crippen LogP contribution is -1.69. The Morgan fingerprint density at radius 1 is 1.00 bits per heavy atom. The first-order chi connectivity index (χ1) is 6.27. The minimum absolute atomic E-state index is 1.22. The van der Waals surface area contributed by atoms with Crippen molar-refractivity contribution in [2.45, 2.75) is 46.5 Å². The summed E-state index contributed by atoms with van der Waals surface area (Å²) in [4.78, 5) is 0. The molecule has 0 aromatic carbocycles. The van der Waals surface area contributed by atoms with Gasteiger partial charge in [-0.2, -0.15) is 0 Å². The maximum atomic E-state index is 2.24. The van der Waals surface area contributed by atoms with Crippen LogP contribution in [0.1, 0.15) is 46.5 Å². The maximum absolute atomic E-state index is 2.24. The fraction of sp³-hybridized carbons (Fsp3) is 0.538. The van der Waals surface area contributed by atoms with Gasteiger partial charge in [-0.3, -0.25) is 0 Å². The minimum Gasteiger partial charge on any atom is -0.0845 e. The maximum Gasteiger partial charge on any atom is -0.0348 e. The van der Waals surface area contributed by atoms with Gasteiger partial charge in [0.1, 0.15) is 0 Å². The molecule has 0 aliphatic carbocycles. The molecule has 0 heterocycles. The summed E-state index contributed by atoms with van der Waals surface area (Å²) < 4.78 is 0. The zero-order valence-electron chi connectivity index (χ0n) is 9.22. The van der Waals surface area contributed by atoms with E-state index >= 15 is 0 Å². The van der Waals surface area contributed by atoms with E-state index in [0.717, 1.165) is 0 Å². The van der Waals surface area contributed by atoms with Crippen LogP contribution in [0.25, 0.3) is 0 Å². The molecular weight excluding hydrogens is 156 g/mol. The number of allylic oxidation sites excluding steroid dienone is 6. The molecule has 0 aromatic rings. The number of unbranched alkanes of at least 4 members (excludes halogenated alkanes) is 3. The Bertz CT molecular complexity index is 178. The van der Waals surface area contributed by atoms with Crippen LogP contribution in [0.4, 0.5) is 0 Å². The fourth-order valence-electron chi connectivity index (χ4n) is 0.999. The standard InChI is InChI=1S/C13H22/c1-4-5-6-7-8-9-10-11-12-13(2)3/h8-12H,4-7H2,1-3H3. The number of hydrogen-bond donors (Lipinski definition) is 0. The molecule has 0 fully saturated rings. The smallest absolute Gasteiger partial charge is 0.0348 e. The Morgan fingerprint density at radius 3 is 2.38 bits per heavy atom. The van der Waals surface area contributed by atoms with E-state index in [2.05, 4.69) is 51.2 Å². The summed E-state index contributed by atoms with van der Waals surface area (Å²) in [5.41, 5.74) is 1.34. The third-order valence-corrected chi connectivity index (χ3v) is 1.76. The van der Waals surface area contributed by atoms with Crippen LogP contribution in [0.2, 0.25) is 0 Å². The van der Waals surface area contributed by atoms with E-state index in [4.69, 9.17) is 0 Å². The summed E-state index contributed by atoms with van der Waals surface area (Å²) in [6.07, 6.45) is 15.9. The van der Waals surface area contributed by atoms with Gasteiger partial charge in [0, 0.05) is 0 Å². The molecule has 0 atom stereocenters. The second-order valence-electron chi connectivity index (χ2n) is 3.55. The lowest BCUT2D eigenvalue weighted by atomic mass is 10.2. The molecule has 74 valence electrons. The zero-order chi connectivity index (χ0) is 9.94. The fourth-order valence-corrected chi connectivity index (χ4v) is 0.999. The van der Waals surface area contributed by atoms with Crippen LogP contribution in [0.15, 0.2) is 36.0 Å². The van der Waals surface area contributed by atoms with Gasteiger partial charge < -0.3 is 0 Å². The summed E-state index contributed by atoms with van der Waals surface area (Å²) in [5, 5.41) is 0. The highest BCUT2D eigenvalue weighted by Gasteiger charge is 1.79. The third kappa shape index (κ3) is 11.2. The van der Waals surface area contributed by atoms with Crippen LogP contribution in [0.5, 0.6) is 0 Å². The second-order valence-corrected chi connectivity index (χ2v) is 3.55. The normalized spacial score (nSPS) is 11.3. The molecule has 0 bridgehead atoms. The van der Waals surface area contributed by atoms with E-state index in [-0.39, 0.29) is 0 Å². The Hall–Kier alpha value is -0.780. The van der Waals surface area contributed by atoms with Crippen molar-refractivity contribution >= 4 is 0 Å². The molecule has 0 rings (SSSR count). The van der Waals surface area contributed by atoms with Gasteiger partial charge in [0.15, 0.2) is 0 Å². The topological polar surface area (TPSA) is 0 Å². The molecule has 0 radical (unpaired) electrons. The van der Waals surface area contributed by atoms with Crippen molar-refractivity contribution in [3.05, 3.63) is 36.0 Å². The van der Waals surface area contributed by atoms with Gasteiger partial charge in [-0.25, -0.2) is 0 Å². The second kappa shape index (κ2) is 9.31. The Kier molecular flexibility index (Phi) is 8.75. The van der Waals surface area contributed by atoms with Crippen molar-refractivity contribution in [1.82, 2.24) is 0 Å². The first-order valence-corrected chi connectivity index (χ1v) is 5.24. The van der Waals surface area contributed by atoms with Crippen molar-refractivity contribution in [1.29, 1.82) is 0 Å². The predicted octanol–water partition coefficient (Wildman–Crippen LogP) is 4.65. The summed E-state index contributed by atoms with van der Waals surface area (Å²) in [6.45, 7) is 6.45. The summed E-state index contributed by atoms with van der Waals surface area (Å²) in [6, 6.07) is 0. The Balaban J connectivity index is 3.41. The van der Waals surface area contributed by atoms with Crippen LogP contribution in [-0.2, 0) is 0 Å². The Labute approximate surface area is 83.0 Å². The largest absolute Gasteiger partial charge is 0.0845 e. The van der Waals surface area contributed by atoms with Gasteiger partial charge in [-0.1, -0.05) is 55.7 Å². The van der Waals surface area contributed by atoms with Crippen molar-refractivity contribution < 1.29 is 0 Å². The molecule has 0 saturated carbocycles. The highest BCUT2D eigenvalue weighted by Crippen LogP contribution is 1.99. The average molecular weight is 178 g/mol. The minimum atomic E-state index is 1.22. The molecule has 0 aromatic heterocycles. The van der Waals surface area contributed by atoms with Gasteiger partial charge >= 0.3 is 0 Å². The van der Waals surface area contributed by atoms with Crippen molar-refractivity contribution in [3.63, 3.8) is 0 Å². The molecule has 0 saturated heterocycles. The van der Waals surface area contributed by atoms with Crippen LogP contribution < -0.4 is 0 Å². The molecule has 0 aliphatic heterocycles. The van der Waals surface area contributed by atoms with Crippen molar-refractivity contribution in [2.75, 3.05) is 0 Å². The molecule has 0 amide bonds. The summed E-state index contributed by atoms with van der Waals surface area (Å²) in [5.74, 6) is 0. The molecule has 0 nitrogen and oxygen atoms in total. The lowest BCUT2D eigenvalue weighted by Gasteiger charge is -1.89. The summed E-state index contributed by atoms with van der Waals surface area (Å²) >= 11 is 0. The predicted molar refractivity (Wildman–Crippen MR) is 61.9 cm³/mol. The van der Waals surface area contributed by atoms with E-state index < -0.39 is 0 Å². The monoisotopic (exact) mass is 178 g/mol. The van der Waals surface area contributed by atoms with Gasteiger partial charge in [0.25, 0.3) is 0 Å². The quantitative estimate of drug-likeness (QED) is 0.410. The first-order valence-electron chi connectivity index (χ1n) is 5.24. The van der Waals surface area contributed by atoms with Crippen LogP contribution in [-0.4, -0.2) is 0 Å².